The van der Waals surface area contributed by atoms with E-state index < -0.39 is 0 Å². The third kappa shape index (κ3) is 8.40. The molecule has 0 amide bonds. The molecule has 13 rings (SSSR count). The molecule has 10 nitrogen and oxygen atoms in total. The van der Waals surface area contributed by atoms with Gasteiger partial charge >= 0.3 is 0 Å². The number of rotatable bonds is 10. The number of thiocarbonyl (C=S) groups is 1. The average Bonchev–Trinajstić information content (AvgIpc) is 4.29. The number of allylic oxidation sites excluding steroid dienone is 4. The summed E-state index contributed by atoms with van der Waals surface area (Å²) in [7, 11) is 1.93. The first-order chi connectivity index (χ1) is 37.1. The van der Waals surface area contributed by atoms with Gasteiger partial charge in [-0.2, -0.15) is 4.99 Å². The standard InChI is InChI=1S/C64H44N10S/c1-65-45-22-18-43(19-23-45)63-55-30-26-51(71-55)61(41-14-10-39(11-15-41)59(47-6-2-34-66-47)48-7-3-35-67-48)53-28-32-57(73-53)64(44-20-24-46(25-21-44)70-38-75)58-33-29-54(74-58)62(52-27-31-56(63)72-52)42-16-12-40(13-17-42)60(49-8-4-36-68-49)50-9-5-37-69-50/h2-37,65-66,68,71,74H,1H3/b59-48-,60-50-,61-51?,61-53?,62-52?,62-54?,63-55?,63-56?,64-57?,64-58?. The highest BCUT2D eigenvalue weighted by Gasteiger charge is 2.21. The van der Waals surface area contributed by atoms with E-state index in [1.165, 1.54) is 0 Å². The lowest BCUT2D eigenvalue weighted by Gasteiger charge is -2.11. The Balaban J connectivity index is 1.08. The van der Waals surface area contributed by atoms with Gasteiger partial charge in [-0.3, -0.25) is 9.98 Å². The zero-order valence-corrected chi connectivity index (χ0v) is 41.2. The summed E-state index contributed by atoms with van der Waals surface area (Å²) in [4.78, 5) is 39.4. The van der Waals surface area contributed by atoms with E-state index in [0.717, 1.165) is 146 Å². The first kappa shape index (κ1) is 44.8. The van der Waals surface area contributed by atoms with E-state index in [1.54, 1.807) is 0 Å². The van der Waals surface area contributed by atoms with E-state index in [1.807, 2.05) is 80.4 Å². The molecule has 4 aromatic carbocycles. The summed E-state index contributed by atoms with van der Waals surface area (Å²) in [6.45, 7) is 0. The second-order valence-electron chi connectivity index (χ2n) is 18.2. The molecule has 0 atom stereocenters. The minimum Gasteiger partial charge on any atom is -0.388 e. The molecule has 9 aromatic rings. The van der Waals surface area contributed by atoms with Gasteiger partial charge < -0.3 is 25.3 Å². The molecule has 0 fully saturated rings. The molecule has 0 spiro atoms. The molecule has 9 heterocycles. The number of aliphatic imine (C=N–C) groups is 3. The molecular formula is C64H44N10S. The van der Waals surface area contributed by atoms with Gasteiger partial charge in [0.1, 0.15) is 0 Å². The van der Waals surface area contributed by atoms with Crippen LogP contribution >= 0.6 is 12.2 Å². The summed E-state index contributed by atoms with van der Waals surface area (Å²) in [5.74, 6) is 0. The highest BCUT2D eigenvalue weighted by molar-refractivity contribution is 7.78. The van der Waals surface area contributed by atoms with Crippen LogP contribution in [0.1, 0.15) is 45.3 Å². The largest absolute Gasteiger partial charge is 0.388 e. The minimum atomic E-state index is 0.718. The lowest BCUT2D eigenvalue weighted by Crippen LogP contribution is -1.93. The summed E-state index contributed by atoms with van der Waals surface area (Å²) < 4.78 is 0. The third-order valence-electron chi connectivity index (χ3n) is 13.8. The fourth-order valence-electron chi connectivity index (χ4n) is 10.3. The summed E-state index contributed by atoms with van der Waals surface area (Å²) in [6, 6.07) is 50.7. The molecule has 0 saturated heterocycles. The van der Waals surface area contributed by atoms with Crippen molar-refractivity contribution in [2.45, 2.75) is 0 Å². The van der Waals surface area contributed by atoms with Crippen molar-refractivity contribution in [1.29, 1.82) is 0 Å². The second-order valence-corrected chi connectivity index (χ2v) is 18.4. The number of anilines is 1. The molecule has 356 valence electrons. The Labute approximate surface area is 437 Å². The van der Waals surface area contributed by atoms with Gasteiger partial charge in [0, 0.05) is 104 Å². The van der Waals surface area contributed by atoms with Crippen LogP contribution in [0.4, 0.5) is 11.4 Å². The van der Waals surface area contributed by atoms with E-state index in [9.17, 15) is 0 Å². The fourth-order valence-corrected chi connectivity index (χ4v) is 10.4. The molecule has 0 radical (unpaired) electrons. The summed E-state index contributed by atoms with van der Waals surface area (Å²) >= 11 is 4.98. The van der Waals surface area contributed by atoms with Gasteiger partial charge in [-0.25, -0.2) is 9.97 Å². The highest BCUT2D eigenvalue weighted by Crippen LogP contribution is 2.41. The second kappa shape index (κ2) is 19.2. The SMILES string of the molecule is CNc1ccc(-c2c3nc(c(-c4ccc(/C(=C5\C=CC=N5)c5ccc[nH]5)cc4)c4ccc([nH]4)c(-c4ccc(N=C=S)cc4)c4nc(c(-c5ccc(/C(=C6\C=CC=N6)c6ccc[nH]6)cc5)c5ccc2[nH]5)C=C4)C=C3)cc1. The Kier molecular flexibility index (Phi) is 11.5. The quantitative estimate of drug-likeness (QED) is 0.0688. The molecule has 11 heteroatoms. The van der Waals surface area contributed by atoms with Crippen LogP contribution in [0.3, 0.4) is 0 Å². The van der Waals surface area contributed by atoms with Gasteiger partial charge in [-0.15, -0.1) is 0 Å². The molecule has 4 aliphatic heterocycles. The van der Waals surface area contributed by atoms with Gasteiger partial charge in [0.2, 0.25) is 0 Å². The van der Waals surface area contributed by atoms with Crippen molar-refractivity contribution < 1.29 is 0 Å². The van der Waals surface area contributed by atoms with Gasteiger partial charge in [-0.05, 0) is 167 Å². The smallest absolute Gasteiger partial charge is 0.0739 e. The predicted octanol–water partition coefficient (Wildman–Crippen LogP) is 15.6. The number of nitrogens with zero attached hydrogens (tertiary/aromatic N) is 5. The monoisotopic (exact) mass is 984 g/mol. The molecule has 0 saturated carbocycles. The van der Waals surface area contributed by atoms with Crippen molar-refractivity contribution >= 4 is 98.7 Å². The Morgan fingerprint density at radius 2 is 0.853 bits per heavy atom. The van der Waals surface area contributed by atoms with Crippen molar-refractivity contribution in [3.63, 3.8) is 0 Å². The average molecular weight is 985 g/mol. The number of hydrogen-bond donors (Lipinski definition) is 5. The van der Waals surface area contributed by atoms with Crippen LogP contribution in [0, 0.1) is 0 Å². The van der Waals surface area contributed by atoms with E-state index in [4.69, 9.17) is 32.2 Å². The minimum absolute atomic E-state index is 0.718. The summed E-state index contributed by atoms with van der Waals surface area (Å²) in [6.07, 6.45) is 24.0. The fraction of sp³-hybridized carbons (Fsp3) is 0.0156. The molecule has 5 aromatic heterocycles. The molecule has 0 aliphatic carbocycles. The van der Waals surface area contributed by atoms with Gasteiger partial charge in [0.25, 0.3) is 0 Å². The first-order valence-corrected chi connectivity index (χ1v) is 25.0. The third-order valence-corrected chi connectivity index (χ3v) is 13.9. The molecule has 0 unspecified atom stereocenters. The Hall–Kier alpha value is -10.1. The molecule has 5 N–H and O–H groups in total. The number of nitrogens with one attached hydrogen (secondary N) is 5. The van der Waals surface area contributed by atoms with Crippen molar-refractivity contribution in [3.8, 4) is 44.5 Å². The van der Waals surface area contributed by atoms with Crippen molar-refractivity contribution in [1.82, 2.24) is 29.9 Å². The van der Waals surface area contributed by atoms with E-state index in [2.05, 4.69) is 181 Å². The Bertz CT molecular complexity index is 4060. The lowest BCUT2D eigenvalue weighted by atomic mass is 9.96. The maximum Gasteiger partial charge on any atom is 0.0739 e. The number of isothiocyanates is 1. The molecule has 75 heavy (non-hydrogen) atoms. The lowest BCUT2D eigenvalue weighted by molar-refractivity contribution is 1.30. The van der Waals surface area contributed by atoms with Crippen molar-refractivity contribution in [2.75, 3.05) is 12.4 Å². The van der Waals surface area contributed by atoms with Crippen LogP contribution in [0.25, 0.3) is 102 Å². The summed E-state index contributed by atoms with van der Waals surface area (Å²) in [5.41, 5.74) is 24.2. The van der Waals surface area contributed by atoms with Gasteiger partial charge in [0.05, 0.1) is 45.0 Å². The van der Waals surface area contributed by atoms with Crippen molar-refractivity contribution in [3.05, 3.63) is 239 Å². The normalized spacial score (nSPS) is 14.5. The van der Waals surface area contributed by atoms with Crippen LogP contribution < -0.4 is 5.32 Å². The van der Waals surface area contributed by atoms with Gasteiger partial charge in [-0.1, -0.05) is 72.8 Å². The van der Waals surface area contributed by atoms with E-state index in [-0.39, 0.29) is 0 Å². The van der Waals surface area contributed by atoms with Crippen LogP contribution in [0.5, 0.6) is 0 Å². The van der Waals surface area contributed by atoms with Crippen molar-refractivity contribution in [2.24, 2.45) is 15.0 Å². The number of aromatic nitrogens is 6. The number of hydrogen-bond acceptors (Lipinski definition) is 7. The molecule has 8 bridgehead atoms. The Morgan fingerprint density at radius 1 is 0.467 bits per heavy atom. The van der Waals surface area contributed by atoms with Crippen LogP contribution in [0.15, 0.2) is 209 Å². The number of aromatic amines is 4. The predicted molar refractivity (Wildman–Crippen MR) is 314 cm³/mol. The van der Waals surface area contributed by atoms with Crippen LogP contribution in [-0.2, 0) is 0 Å². The maximum atomic E-state index is 5.55. The van der Waals surface area contributed by atoms with Crippen LogP contribution in [0.2, 0.25) is 0 Å². The summed E-state index contributed by atoms with van der Waals surface area (Å²) in [5, 5.41) is 5.80. The number of benzene rings is 4. The molecule has 4 aliphatic rings. The zero-order valence-electron chi connectivity index (χ0n) is 40.4. The van der Waals surface area contributed by atoms with Gasteiger partial charge in [0.15, 0.2) is 0 Å². The highest BCUT2D eigenvalue weighted by atomic mass is 32.1. The van der Waals surface area contributed by atoms with Crippen LogP contribution in [-0.4, -0.2) is 54.5 Å². The number of fused-ring (bicyclic) bond motifs is 8. The Morgan fingerprint density at radius 3 is 1.19 bits per heavy atom. The maximum absolute atomic E-state index is 5.55. The van der Waals surface area contributed by atoms with E-state index in [0.29, 0.717) is 0 Å². The van der Waals surface area contributed by atoms with E-state index >= 15 is 0 Å². The topological polar surface area (TPSA) is 138 Å². The zero-order chi connectivity index (χ0) is 50.2. The molecular weight excluding hydrogens is 941 g/mol. The number of H-pyrrole nitrogens is 4. The first-order valence-electron chi connectivity index (χ1n) is 24.6.